The number of hydrogen-bond acceptors (Lipinski definition) is 4. The third kappa shape index (κ3) is 4.94. The number of hydrogen-bond donors (Lipinski definition) is 1. The van der Waals surface area contributed by atoms with Crippen LogP contribution in [0.4, 0.5) is 5.69 Å². The molecular weight excluding hydrogens is 304 g/mol. The standard InChI is InChI=1S/C15H16N2O4S/c18-17(19)15-8-6-14(7-9-15)12-22(20,21)16-11-10-13-4-2-1-3-5-13/h1-9,16H,10-12H2. The minimum atomic E-state index is -3.46. The first-order valence-corrected chi connectivity index (χ1v) is 8.36. The average molecular weight is 320 g/mol. The van der Waals surface area contributed by atoms with Crippen molar-refractivity contribution in [3.05, 3.63) is 75.8 Å². The van der Waals surface area contributed by atoms with Gasteiger partial charge in [-0.2, -0.15) is 0 Å². The first-order chi connectivity index (χ1) is 10.5. The highest BCUT2D eigenvalue weighted by Crippen LogP contribution is 2.13. The summed E-state index contributed by atoms with van der Waals surface area (Å²) in [7, 11) is -3.46. The second kappa shape index (κ2) is 7.15. The topological polar surface area (TPSA) is 89.3 Å². The molecule has 2 aromatic carbocycles. The van der Waals surface area contributed by atoms with Gasteiger partial charge in [-0.15, -0.1) is 0 Å². The van der Waals surface area contributed by atoms with Crippen LogP contribution in [-0.2, 0) is 22.2 Å². The molecule has 0 spiro atoms. The van der Waals surface area contributed by atoms with Gasteiger partial charge in [0.05, 0.1) is 10.7 Å². The summed E-state index contributed by atoms with van der Waals surface area (Å²) in [4.78, 5) is 10.0. The summed E-state index contributed by atoms with van der Waals surface area (Å²) in [5.74, 6) is -0.195. The highest BCUT2D eigenvalue weighted by molar-refractivity contribution is 7.88. The van der Waals surface area contributed by atoms with Crippen molar-refractivity contribution in [1.82, 2.24) is 4.72 Å². The molecule has 2 rings (SSSR count). The first-order valence-electron chi connectivity index (χ1n) is 6.71. The summed E-state index contributed by atoms with van der Waals surface area (Å²) in [5.41, 5.74) is 1.51. The average Bonchev–Trinajstić information content (AvgIpc) is 2.48. The quantitative estimate of drug-likeness (QED) is 0.626. The molecule has 2 aromatic rings. The van der Waals surface area contributed by atoms with Crippen LogP contribution in [0.15, 0.2) is 54.6 Å². The minimum absolute atomic E-state index is 0.0572. The van der Waals surface area contributed by atoms with Crippen molar-refractivity contribution in [2.24, 2.45) is 0 Å². The Hall–Kier alpha value is -2.25. The molecule has 0 amide bonds. The second-order valence-electron chi connectivity index (χ2n) is 4.81. The summed E-state index contributed by atoms with van der Waals surface area (Å²) in [6.07, 6.45) is 0.611. The van der Waals surface area contributed by atoms with E-state index in [1.165, 1.54) is 24.3 Å². The number of nitrogens with one attached hydrogen (secondary N) is 1. The Morgan fingerprint density at radius 1 is 0.955 bits per heavy atom. The molecule has 0 aliphatic rings. The number of non-ortho nitro benzene ring substituents is 1. The van der Waals surface area contributed by atoms with Crippen LogP contribution in [0.25, 0.3) is 0 Å². The molecule has 0 aliphatic heterocycles. The van der Waals surface area contributed by atoms with Gasteiger partial charge in [-0.25, -0.2) is 13.1 Å². The number of rotatable bonds is 7. The van der Waals surface area contributed by atoms with Crippen LogP contribution >= 0.6 is 0 Å². The number of sulfonamides is 1. The molecule has 0 bridgehead atoms. The van der Waals surface area contributed by atoms with Crippen molar-refractivity contribution in [2.45, 2.75) is 12.2 Å². The molecule has 0 atom stereocenters. The maximum Gasteiger partial charge on any atom is 0.269 e. The zero-order chi connectivity index (χ0) is 16.0. The molecule has 116 valence electrons. The Labute approximate surface area is 129 Å². The van der Waals surface area contributed by atoms with Crippen LogP contribution in [0.5, 0.6) is 0 Å². The predicted molar refractivity (Wildman–Crippen MR) is 83.9 cm³/mol. The van der Waals surface area contributed by atoms with Gasteiger partial charge in [0, 0.05) is 18.7 Å². The molecule has 1 N–H and O–H groups in total. The van der Waals surface area contributed by atoms with E-state index >= 15 is 0 Å². The summed E-state index contributed by atoms with van der Waals surface area (Å²) >= 11 is 0. The molecule has 0 unspecified atom stereocenters. The van der Waals surface area contributed by atoms with E-state index in [1.807, 2.05) is 30.3 Å². The summed E-state index contributed by atoms with van der Waals surface area (Å²) in [6, 6.07) is 15.1. The van der Waals surface area contributed by atoms with Crippen LogP contribution < -0.4 is 4.72 Å². The van der Waals surface area contributed by atoms with Gasteiger partial charge in [0.15, 0.2) is 0 Å². The van der Waals surface area contributed by atoms with Gasteiger partial charge >= 0.3 is 0 Å². The van der Waals surface area contributed by atoms with E-state index < -0.39 is 14.9 Å². The molecule has 0 fully saturated rings. The predicted octanol–water partition coefficient (Wildman–Crippen LogP) is 2.26. The summed E-state index contributed by atoms with van der Waals surface area (Å²) < 4.78 is 26.5. The van der Waals surface area contributed by atoms with E-state index in [9.17, 15) is 18.5 Å². The van der Waals surface area contributed by atoms with Crippen molar-refractivity contribution in [3.63, 3.8) is 0 Å². The largest absolute Gasteiger partial charge is 0.269 e. The van der Waals surface area contributed by atoms with Crippen molar-refractivity contribution in [1.29, 1.82) is 0 Å². The van der Waals surface area contributed by atoms with Crippen molar-refractivity contribution < 1.29 is 13.3 Å². The maximum absolute atomic E-state index is 12.0. The van der Waals surface area contributed by atoms with E-state index in [4.69, 9.17) is 0 Å². The van der Waals surface area contributed by atoms with Gasteiger partial charge < -0.3 is 0 Å². The van der Waals surface area contributed by atoms with E-state index in [1.54, 1.807) is 0 Å². The molecule has 7 heteroatoms. The lowest BCUT2D eigenvalue weighted by atomic mass is 10.2. The van der Waals surface area contributed by atoms with Gasteiger partial charge in [0.25, 0.3) is 5.69 Å². The van der Waals surface area contributed by atoms with Crippen LogP contribution in [-0.4, -0.2) is 19.9 Å². The van der Waals surface area contributed by atoms with E-state index in [2.05, 4.69) is 4.72 Å². The monoisotopic (exact) mass is 320 g/mol. The normalized spacial score (nSPS) is 11.3. The smallest absolute Gasteiger partial charge is 0.258 e. The summed E-state index contributed by atoms with van der Waals surface area (Å²) in [6.45, 7) is 0.319. The summed E-state index contributed by atoms with van der Waals surface area (Å²) in [5, 5.41) is 10.5. The molecule has 0 aromatic heterocycles. The fourth-order valence-electron chi connectivity index (χ4n) is 1.98. The molecule has 0 radical (unpaired) electrons. The molecule has 6 nitrogen and oxygen atoms in total. The van der Waals surface area contributed by atoms with E-state index in [0.717, 1.165) is 5.56 Å². The van der Waals surface area contributed by atoms with Crippen molar-refractivity contribution in [2.75, 3.05) is 6.54 Å². The van der Waals surface area contributed by atoms with Gasteiger partial charge in [-0.3, -0.25) is 10.1 Å². The maximum atomic E-state index is 12.0. The lowest BCUT2D eigenvalue weighted by Crippen LogP contribution is -2.27. The van der Waals surface area contributed by atoms with E-state index in [-0.39, 0.29) is 11.4 Å². The van der Waals surface area contributed by atoms with Gasteiger partial charge in [-0.1, -0.05) is 42.5 Å². The molecular formula is C15H16N2O4S. The zero-order valence-electron chi connectivity index (χ0n) is 11.8. The number of benzene rings is 2. The third-order valence-electron chi connectivity index (χ3n) is 3.08. The molecule has 22 heavy (non-hydrogen) atoms. The number of nitrogens with zero attached hydrogens (tertiary/aromatic N) is 1. The Bertz CT molecular complexity index is 728. The zero-order valence-corrected chi connectivity index (χ0v) is 12.6. The van der Waals surface area contributed by atoms with E-state index in [0.29, 0.717) is 18.5 Å². The molecule has 0 saturated carbocycles. The minimum Gasteiger partial charge on any atom is -0.258 e. The van der Waals surface area contributed by atoms with Gasteiger partial charge in [-0.05, 0) is 17.5 Å². The van der Waals surface area contributed by atoms with Crippen LogP contribution in [0, 0.1) is 10.1 Å². The Kier molecular flexibility index (Phi) is 5.24. The molecule has 0 saturated heterocycles. The Morgan fingerprint density at radius 3 is 2.18 bits per heavy atom. The number of nitro benzene ring substituents is 1. The first kappa shape index (κ1) is 16.1. The molecule has 0 aliphatic carbocycles. The fraction of sp³-hybridized carbons (Fsp3) is 0.200. The van der Waals surface area contributed by atoms with Gasteiger partial charge in [0.1, 0.15) is 0 Å². The Balaban J connectivity index is 1.89. The van der Waals surface area contributed by atoms with Crippen LogP contribution in [0.1, 0.15) is 11.1 Å². The molecule has 0 heterocycles. The highest BCUT2D eigenvalue weighted by Gasteiger charge is 2.12. The third-order valence-corrected chi connectivity index (χ3v) is 4.44. The SMILES string of the molecule is O=[N+]([O-])c1ccc(CS(=O)(=O)NCCc2ccccc2)cc1. The van der Waals surface area contributed by atoms with Crippen molar-refractivity contribution >= 4 is 15.7 Å². The fourth-order valence-corrected chi connectivity index (χ4v) is 3.13. The highest BCUT2D eigenvalue weighted by atomic mass is 32.2. The lowest BCUT2D eigenvalue weighted by Gasteiger charge is -2.07. The Morgan fingerprint density at radius 2 is 1.59 bits per heavy atom. The van der Waals surface area contributed by atoms with Crippen molar-refractivity contribution in [3.8, 4) is 0 Å². The van der Waals surface area contributed by atoms with Gasteiger partial charge in [0.2, 0.25) is 10.0 Å². The van der Waals surface area contributed by atoms with Crippen LogP contribution in [0.3, 0.4) is 0 Å². The number of nitro groups is 1. The van der Waals surface area contributed by atoms with Crippen LogP contribution in [0.2, 0.25) is 0 Å². The second-order valence-corrected chi connectivity index (χ2v) is 6.62. The lowest BCUT2D eigenvalue weighted by molar-refractivity contribution is -0.384.